The van der Waals surface area contributed by atoms with Crippen molar-refractivity contribution in [1.82, 2.24) is 14.6 Å². The summed E-state index contributed by atoms with van der Waals surface area (Å²) in [5.74, 6) is 0.835. The van der Waals surface area contributed by atoms with Crippen molar-refractivity contribution in [3.63, 3.8) is 0 Å². The normalized spacial score (nSPS) is 12.8. The van der Waals surface area contributed by atoms with Gasteiger partial charge in [0.2, 0.25) is 0 Å². The molecule has 122 valence electrons. The van der Waals surface area contributed by atoms with Crippen molar-refractivity contribution in [2.45, 2.75) is 39.3 Å². The Hall–Kier alpha value is -1.38. The third-order valence-electron chi connectivity index (χ3n) is 3.76. The van der Waals surface area contributed by atoms with E-state index in [4.69, 9.17) is 5.73 Å². The van der Waals surface area contributed by atoms with Crippen LogP contribution in [0.3, 0.4) is 0 Å². The molecule has 0 aromatic carbocycles. The Kier molecular flexibility index (Phi) is 5.60. The molecule has 0 bridgehead atoms. The maximum atomic E-state index is 9.60. The van der Waals surface area contributed by atoms with Crippen LogP contribution >= 0.6 is 15.9 Å². The lowest BCUT2D eigenvalue weighted by molar-refractivity contribution is 0.263. The largest absolute Gasteiger partial charge is 0.396 e. The van der Waals surface area contributed by atoms with Crippen LogP contribution in [0.5, 0.6) is 0 Å². The summed E-state index contributed by atoms with van der Waals surface area (Å²) in [5, 5.41) is 19.6. The van der Waals surface area contributed by atoms with Crippen molar-refractivity contribution in [1.29, 1.82) is 0 Å². The molecular weight excluding hydrogens is 350 g/mol. The van der Waals surface area contributed by atoms with Gasteiger partial charge < -0.3 is 21.4 Å². The van der Waals surface area contributed by atoms with Crippen LogP contribution in [-0.2, 0) is 6.61 Å². The van der Waals surface area contributed by atoms with E-state index in [0.717, 1.165) is 28.5 Å². The monoisotopic (exact) mass is 371 g/mol. The van der Waals surface area contributed by atoms with E-state index in [1.807, 2.05) is 13.8 Å². The quantitative estimate of drug-likeness (QED) is 0.544. The second-order valence-corrected chi connectivity index (χ2v) is 6.04. The number of imidazole rings is 1. The van der Waals surface area contributed by atoms with Crippen molar-refractivity contribution in [2.24, 2.45) is 0 Å². The van der Waals surface area contributed by atoms with Crippen molar-refractivity contribution >= 4 is 32.8 Å². The maximum absolute atomic E-state index is 9.60. The molecule has 1 unspecified atom stereocenters. The van der Waals surface area contributed by atoms with Crippen LogP contribution in [0.4, 0.5) is 5.82 Å². The lowest BCUT2D eigenvalue weighted by Crippen LogP contribution is -2.31. The number of aryl methyl sites for hydroxylation is 2. The van der Waals surface area contributed by atoms with Crippen LogP contribution in [0, 0.1) is 13.8 Å². The number of alkyl halides is 1. The third kappa shape index (κ3) is 3.18. The first kappa shape index (κ1) is 17.0. The predicted molar refractivity (Wildman–Crippen MR) is 90.6 cm³/mol. The van der Waals surface area contributed by atoms with Crippen LogP contribution in [-0.4, -0.2) is 42.8 Å². The minimum atomic E-state index is -0.209. The number of nitrogens with two attached hydrogens (primary N) is 1. The second-order valence-electron chi connectivity index (χ2n) is 5.24. The van der Waals surface area contributed by atoms with Crippen LogP contribution in [0.25, 0.3) is 11.0 Å². The first-order valence-electron chi connectivity index (χ1n) is 7.21. The van der Waals surface area contributed by atoms with Gasteiger partial charge in [-0.2, -0.15) is 0 Å². The summed E-state index contributed by atoms with van der Waals surface area (Å²) >= 11 is 3.42. The average molecular weight is 372 g/mol. The van der Waals surface area contributed by atoms with E-state index in [1.54, 1.807) is 4.68 Å². The van der Waals surface area contributed by atoms with Crippen LogP contribution in [0.1, 0.15) is 29.9 Å². The Balaban J connectivity index is 2.55. The zero-order chi connectivity index (χ0) is 16.3. The highest BCUT2D eigenvalue weighted by atomic mass is 79.9. The number of nitrogens with one attached hydrogen (secondary N) is 1. The molecular formula is C14H22BrN5O2. The maximum Gasteiger partial charge on any atom is 0.154 e. The average Bonchev–Trinajstić information content (AvgIpc) is 2.85. The van der Waals surface area contributed by atoms with E-state index < -0.39 is 0 Å². The van der Waals surface area contributed by atoms with E-state index in [-0.39, 0.29) is 19.3 Å². The SMILES string of the molecule is Cc1nc(N)c2nc(CO)n(NC(CCO)CCBr)c2c1C. The Morgan fingerprint density at radius 2 is 2.00 bits per heavy atom. The molecule has 0 aliphatic heterocycles. The number of pyridine rings is 1. The first-order chi connectivity index (χ1) is 10.5. The molecule has 22 heavy (non-hydrogen) atoms. The number of hydrogen-bond acceptors (Lipinski definition) is 6. The van der Waals surface area contributed by atoms with E-state index in [0.29, 0.717) is 23.6 Å². The number of aliphatic hydroxyl groups is 2. The summed E-state index contributed by atoms with van der Waals surface area (Å²) in [7, 11) is 0. The molecule has 0 aliphatic carbocycles. The lowest BCUT2D eigenvalue weighted by atomic mass is 10.1. The van der Waals surface area contributed by atoms with Crippen LogP contribution in [0.2, 0.25) is 0 Å². The minimum Gasteiger partial charge on any atom is -0.396 e. The lowest BCUT2D eigenvalue weighted by Gasteiger charge is -2.21. The van der Waals surface area contributed by atoms with Gasteiger partial charge in [-0.25, -0.2) is 14.6 Å². The summed E-state index contributed by atoms with van der Waals surface area (Å²) in [6.07, 6.45) is 1.44. The number of nitrogen functional groups attached to an aromatic ring is 1. The molecule has 0 saturated heterocycles. The van der Waals surface area contributed by atoms with Crippen molar-refractivity contribution in [3.05, 3.63) is 17.1 Å². The molecule has 2 heterocycles. The Bertz CT molecular complexity index is 652. The highest BCUT2D eigenvalue weighted by Crippen LogP contribution is 2.25. The number of anilines is 1. The van der Waals surface area contributed by atoms with Crippen LogP contribution in [0.15, 0.2) is 0 Å². The molecule has 0 radical (unpaired) electrons. The minimum absolute atomic E-state index is 0.0566. The second kappa shape index (κ2) is 7.26. The highest BCUT2D eigenvalue weighted by molar-refractivity contribution is 9.09. The molecule has 0 amide bonds. The van der Waals surface area contributed by atoms with Gasteiger partial charge in [0.1, 0.15) is 12.1 Å². The smallest absolute Gasteiger partial charge is 0.154 e. The number of fused-ring (bicyclic) bond motifs is 1. The van der Waals surface area contributed by atoms with Gasteiger partial charge in [-0.3, -0.25) is 0 Å². The Morgan fingerprint density at radius 3 is 2.59 bits per heavy atom. The number of aliphatic hydroxyl groups excluding tert-OH is 2. The van der Waals surface area contributed by atoms with Gasteiger partial charge in [0, 0.05) is 23.7 Å². The number of hydrogen-bond donors (Lipinski definition) is 4. The molecule has 0 saturated carbocycles. The van der Waals surface area contributed by atoms with Gasteiger partial charge in [0.05, 0.1) is 5.52 Å². The first-order valence-corrected chi connectivity index (χ1v) is 8.33. The molecule has 1 atom stereocenters. The van der Waals surface area contributed by atoms with Gasteiger partial charge in [0.25, 0.3) is 0 Å². The van der Waals surface area contributed by atoms with Gasteiger partial charge in [-0.15, -0.1) is 0 Å². The number of nitrogens with zero attached hydrogens (tertiary/aromatic N) is 3. The molecule has 2 aromatic rings. The fourth-order valence-electron chi connectivity index (χ4n) is 2.47. The molecule has 2 aromatic heterocycles. The highest BCUT2D eigenvalue weighted by Gasteiger charge is 2.19. The molecule has 0 fully saturated rings. The van der Waals surface area contributed by atoms with Gasteiger partial charge in [0.15, 0.2) is 11.6 Å². The van der Waals surface area contributed by atoms with Gasteiger partial charge in [-0.05, 0) is 32.3 Å². The fourth-order valence-corrected chi connectivity index (χ4v) is 3.02. The van der Waals surface area contributed by atoms with Crippen molar-refractivity contribution in [3.8, 4) is 0 Å². The predicted octanol–water partition coefficient (Wildman–Crippen LogP) is 1.20. The summed E-state index contributed by atoms with van der Waals surface area (Å²) in [4.78, 5) is 8.68. The zero-order valence-corrected chi connectivity index (χ0v) is 14.4. The molecule has 5 N–H and O–H groups in total. The van der Waals surface area contributed by atoms with Crippen molar-refractivity contribution in [2.75, 3.05) is 23.1 Å². The number of aromatic nitrogens is 3. The molecule has 7 nitrogen and oxygen atoms in total. The third-order valence-corrected chi connectivity index (χ3v) is 4.22. The van der Waals surface area contributed by atoms with Crippen LogP contribution < -0.4 is 11.2 Å². The Morgan fingerprint density at radius 1 is 1.27 bits per heavy atom. The molecule has 0 spiro atoms. The number of halogens is 1. The topological polar surface area (TPSA) is 109 Å². The van der Waals surface area contributed by atoms with E-state index >= 15 is 0 Å². The van der Waals surface area contributed by atoms with E-state index in [1.165, 1.54) is 0 Å². The number of rotatable bonds is 7. The summed E-state index contributed by atoms with van der Waals surface area (Å²) in [6, 6.07) is 0.0566. The van der Waals surface area contributed by atoms with Crippen molar-refractivity contribution < 1.29 is 10.2 Å². The summed E-state index contributed by atoms with van der Waals surface area (Å²) < 4.78 is 1.78. The molecule has 0 aliphatic rings. The fraction of sp³-hybridized carbons (Fsp3) is 0.571. The summed E-state index contributed by atoms with van der Waals surface area (Å²) in [6.45, 7) is 3.73. The van der Waals surface area contributed by atoms with E-state index in [9.17, 15) is 10.2 Å². The molecule has 2 rings (SSSR count). The Labute approximate surface area is 137 Å². The van der Waals surface area contributed by atoms with E-state index in [2.05, 4.69) is 31.3 Å². The zero-order valence-electron chi connectivity index (χ0n) is 12.8. The van der Waals surface area contributed by atoms with Gasteiger partial charge in [-0.1, -0.05) is 15.9 Å². The standard InChI is InChI=1S/C14H22BrN5O2/c1-8-9(2)17-14(16)12-13(8)20(11(7-22)18-12)19-10(3-5-15)4-6-21/h10,19,21-22H,3-7H2,1-2H3,(H2,16,17). The molecule has 8 heteroatoms. The van der Waals surface area contributed by atoms with Gasteiger partial charge >= 0.3 is 0 Å². The summed E-state index contributed by atoms with van der Waals surface area (Å²) in [5.41, 5.74) is 12.5.